The van der Waals surface area contributed by atoms with Gasteiger partial charge in [-0.15, -0.1) is 0 Å². The second kappa shape index (κ2) is 6.09. The first-order valence-electron chi connectivity index (χ1n) is 6.56. The molecule has 2 nitrogen and oxygen atoms in total. The summed E-state index contributed by atoms with van der Waals surface area (Å²) in [4.78, 5) is 4.29. The van der Waals surface area contributed by atoms with Crippen LogP contribution in [0.5, 0.6) is 0 Å². The van der Waals surface area contributed by atoms with Crippen molar-refractivity contribution in [2.24, 2.45) is 0 Å². The van der Waals surface area contributed by atoms with E-state index in [1.54, 1.807) is 20.2 Å². The van der Waals surface area contributed by atoms with Gasteiger partial charge in [0.2, 0.25) is 0 Å². The minimum Gasteiger partial charge on any atom is -0.312 e. The Kier molecular flexibility index (Phi) is 4.45. The number of aromatic nitrogens is 1. The predicted molar refractivity (Wildman–Crippen MR) is 75.6 cm³/mol. The Morgan fingerprint density at radius 1 is 1.15 bits per heavy atom. The Hall–Kier alpha value is -1.81. The van der Waals surface area contributed by atoms with Crippen LogP contribution in [0.2, 0.25) is 0 Å². The summed E-state index contributed by atoms with van der Waals surface area (Å²) in [6.45, 7) is 3.58. The van der Waals surface area contributed by atoms with Crippen LogP contribution in [0.4, 0.5) is 8.78 Å². The zero-order valence-electron chi connectivity index (χ0n) is 11.9. The number of nitrogens with one attached hydrogen (secondary N) is 1. The molecule has 0 saturated carbocycles. The van der Waals surface area contributed by atoms with Gasteiger partial charge in [-0.1, -0.05) is 12.1 Å². The molecule has 0 aliphatic rings. The Balaban J connectivity index is 2.39. The van der Waals surface area contributed by atoms with E-state index in [1.807, 2.05) is 19.1 Å². The van der Waals surface area contributed by atoms with Crippen molar-refractivity contribution < 1.29 is 8.78 Å². The van der Waals surface area contributed by atoms with Crippen LogP contribution in [0.3, 0.4) is 0 Å². The lowest BCUT2D eigenvalue weighted by Crippen LogP contribution is -2.22. The van der Waals surface area contributed by atoms with Crippen molar-refractivity contribution in [2.75, 3.05) is 7.05 Å². The number of halogens is 2. The number of hydrogen-bond donors (Lipinski definition) is 1. The minimum atomic E-state index is -0.527. The first kappa shape index (κ1) is 14.6. The third-order valence-electron chi connectivity index (χ3n) is 3.53. The van der Waals surface area contributed by atoms with Gasteiger partial charge < -0.3 is 5.32 Å². The van der Waals surface area contributed by atoms with E-state index in [0.717, 1.165) is 11.3 Å². The van der Waals surface area contributed by atoms with Gasteiger partial charge in [-0.2, -0.15) is 0 Å². The van der Waals surface area contributed by atoms with Crippen molar-refractivity contribution in [1.82, 2.24) is 10.3 Å². The monoisotopic (exact) mass is 276 g/mol. The van der Waals surface area contributed by atoms with Gasteiger partial charge in [-0.3, -0.25) is 4.98 Å². The summed E-state index contributed by atoms with van der Waals surface area (Å²) in [5, 5.41) is 2.98. The van der Waals surface area contributed by atoms with E-state index in [-0.39, 0.29) is 5.56 Å². The smallest absolute Gasteiger partial charge is 0.133 e. The third-order valence-corrected chi connectivity index (χ3v) is 3.53. The van der Waals surface area contributed by atoms with E-state index in [0.29, 0.717) is 12.0 Å². The molecular weight excluding hydrogens is 258 g/mol. The van der Waals surface area contributed by atoms with Crippen LogP contribution >= 0.6 is 0 Å². The molecule has 1 aromatic carbocycles. The number of hydrogen-bond acceptors (Lipinski definition) is 2. The van der Waals surface area contributed by atoms with Crippen LogP contribution in [-0.4, -0.2) is 12.0 Å². The SMILES string of the molecule is CNC(Cc1ncccc1C)c1c(F)ccc(C)c1F. The highest BCUT2D eigenvalue weighted by Crippen LogP contribution is 2.26. The molecule has 0 fully saturated rings. The van der Waals surface area contributed by atoms with Crippen molar-refractivity contribution in [2.45, 2.75) is 26.3 Å². The zero-order valence-corrected chi connectivity index (χ0v) is 11.9. The van der Waals surface area contributed by atoms with Gasteiger partial charge in [0.1, 0.15) is 11.6 Å². The molecule has 0 saturated heterocycles. The van der Waals surface area contributed by atoms with E-state index in [9.17, 15) is 8.78 Å². The number of pyridine rings is 1. The standard InChI is InChI=1S/C16H18F2N2/c1-10-5-4-8-20-13(10)9-14(19-3)15-12(17)7-6-11(2)16(15)18/h4-8,14,19H,9H2,1-3H3. The Bertz CT molecular complexity index is 611. The van der Waals surface area contributed by atoms with E-state index >= 15 is 0 Å². The molecule has 1 N–H and O–H groups in total. The molecule has 0 bridgehead atoms. The maximum absolute atomic E-state index is 14.2. The second-order valence-corrected chi connectivity index (χ2v) is 4.90. The molecule has 2 aromatic rings. The fourth-order valence-electron chi connectivity index (χ4n) is 2.27. The summed E-state index contributed by atoms with van der Waals surface area (Å²) in [5.41, 5.74) is 2.38. The summed E-state index contributed by atoms with van der Waals surface area (Å²) < 4.78 is 28.2. The van der Waals surface area contributed by atoms with Gasteiger partial charge in [0.05, 0.1) is 0 Å². The maximum atomic E-state index is 14.2. The van der Waals surface area contributed by atoms with Crippen LogP contribution in [0.25, 0.3) is 0 Å². The Morgan fingerprint density at radius 2 is 1.90 bits per heavy atom. The summed E-state index contributed by atoms with van der Waals surface area (Å²) in [5.74, 6) is -1.01. The van der Waals surface area contributed by atoms with Crippen LogP contribution in [0.1, 0.15) is 28.4 Å². The first-order valence-corrected chi connectivity index (χ1v) is 6.56. The zero-order chi connectivity index (χ0) is 14.7. The average Bonchev–Trinajstić information content (AvgIpc) is 2.44. The number of nitrogens with zero attached hydrogens (tertiary/aromatic N) is 1. The molecule has 0 aliphatic heterocycles. The van der Waals surface area contributed by atoms with Gasteiger partial charge in [0.25, 0.3) is 0 Å². The molecular formula is C16H18F2N2. The Morgan fingerprint density at radius 3 is 2.55 bits per heavy atom. The van der Waals surface area contributed by atoms with Crippen LogP contribution in [-0.2, 0) is 6.42 Å². The molecule has 4 heteroatoms. The molecule has 106 valence electrons. The van der Waals surface area contributed by atoms with Crippen molar-refractivity contribution in [3.05, 3.63) is 64.5 Å². The van der Waals surface area contributed by atoms with Gasteiger partial charge in [0, 0.05) is 29.9 Å². The molecule has 1 aromatic heterocycles. The van der Waals surface area contributed by atoms with E-state index in [2.05, 4.69) is 10.3 Å². The van der Waals surface area contributed by atoms with Crippen LogP contribution in [0.15, 0.2) is 30.5 Å². The Labute approximate surface area is 117 Å². The molecule has 1 heterocycles. The summed E-state index contributed by atoms with van der Waals surface area (Å²) >= 11 is 0. The van der Waals surface area contributed by atoms with Gasteiger partial charge in [-0.05, 0) is 44.2 Å². The third kappa shape index (κ3) is 2.85. The number of benzene rings is 1. The van der Waals surface area contributed by atoms with Crippen LogP contribution in [0, 0.1) is 25.5 Å². The van der Waals surface area contributed by atoms with Crippen molar-refractivity contribution >= 4 is 0 Å². The highest BCUT2D eigenvalue weighted by molar-refractivity contribution is 5.31. The number of rotatable bonds is 4. The van der Waals surface area contributed by atoms with E-state index in [1.165, 1.54) is 12.1 Å². The van der Waals surface area contributed by atoms with Crippen molar-refractivity contribution in [3.8, 4) is 0 Å². The van der Waals surface area contributed by atoms with Crippen molar-refractivity contribution in [3.63, 3.8) is 0 Å². The molecule has 0 amide bonds. The fraction of sp³-hybridized carbons (Fsp3) is 0.312. The topological polar surface area (TPSA) is 24.9 Å². The molecule has 0 spiro atoms. The highest BCUT2D eigenvalue weighted by Gasteiger charge is 2.21. The quantitative estimate of drug-likeness (QED) is 0.924. The number of aryl methyl sites for hydroxylation is 2. The first-order chi connectivity index (χ1) is 9.54. The summed E-state index contributed by atoms with van der Waals surface area (Å²) in [6.07, 6.45) is 2.14. The largest absolute Gasteiger partial charge is 0.312 e. The van der Waals surface area contributed by atoms with E-state index < -0.39 is 17.7 Å². The average molecular weight is 276 g/mol. The lowest BCUT2D eigenvalue weighted by atomic mass is 9.97. The summed E-state index contributed by atoms with van der Waals surface area (Å²) in [7, 11) is 1.70. The fourth-order valence-corrected chi connectivity index (χ4v) is 2.27. The lowest BCUT2D eigenvalue weighted by Gasteiger charge is -2.19. The highest BCUT2D eigenvalue weighted by atomic mass is 19.1. The second-order valence-electron chi connectivity index (χ2n) is 4.90. The van der Waals surface area contributed by atoms with Gasteiger partial charge >= 0.3 is 0 Å². The lowest BCUT2D eigenvalue weighted by molar-refractivity contribution is 0.483. The molecule has 1 unspecified atom stereocenters. The summed E-state index contributed by atoms with van der Waals surface area (Å²) in [6, 6.07) is 6.11. The number of likely N-dealkylation sites (N-methyl/N-ethyl adjacent to an activating group) is 1. The normalized spacial score (nSPS) is 12.4. The molecule has 0 radical (unpaired) electrons. The molecule has 0 aliphatic carbocycles. The van der Waals surface area contributed by atoms with Crippen molar-refractivity contribution in [1.29, 1.82) is 0 Å². The molecule has 20 heavy (non-hydrogen) atoms. The van der Waals surface area contributed by atoms with Crippen LogP contribution < -0.4 is 5.32 Å². The predicted octanol–water partition coefficient (Wildman–Crippen LogP) is 3.48. The van der Waals surface area contributed by atoms with E-state index in [4.69, 9.17) is 0 Å². The maximum Gasteiger partial charge on any atom is 0.133 e. The molecule has 2 rings (SSSR count). The minimum absolute atomic E-state index is 0.0811. The van der Waals surface area contributed by atoms with Gasteiger partial charge in [0.15, 0.2) is 0 Å². The van der Waals surface area contributed by atoms with Gasteiger partial charge in [-0.25, -0.2) is 8.78 Å². The molecule has 1 atom stereocenters.